The van der Waals surface area contributed by atoms with Crippen molar-refractivity contribution in [1.82, 2.24) is 5.43 Å². The molecule has 1 atom stereocenters. The molecule has 28 heavy (non-hydrogen) atoms. The molecule has 148 valence electrons. The molecule has 7 nitrogen and oxygen atoms in total. The number of hydrogen-bond acceptors (Lipinski definition) is 6. The summed E-state index contributed by atoms with van der Waals surface area (Å²) in [4.78, 5) is 12.0. The van der Waals surface area contributed by atoms with E-state index in [1.807, 2.05) is 32.0 Å². The van der Waals surface area contributed by atoms with Crippen LogP contribution in [-0.4, -0.2) is 38.5 Å². The van der Waals surface area contributed by atoms with Crippen LogP contribution in [0.15, 0.2) is 41.5 Å². The third-order valence-corrected chi connectivity index (χ3v) is 4.15. The number of nitrogens with zero attached hydrogens (tertiary/aromatic N) is 1. The Hall–Kier alpha value is -3.22. The van der Waals surface area contributed by atoms with Crippen LogP contribution in [0.2, 0.25) is 0 Å². The van der Waals surface area contributed by atoms with Crippen molar-refractivity contribution < 1.29 is 23.7 Å². The largest absolute Gasteiger partial charge is 0.493 e. The average molecular weight is 384 g/mol. The molecule has 1 N–H and O–H groups in total. The van der Waals surface area contributed by atoms with E-state index in [0.717, 1.165) is 23.3 Å². The summed E-state index contributed by atoms with van der Waals surface area (Å²) in [5.41, 5.74) is 4.30. The number of carbonyl (C=O) groups is 1. The summed E-state index contributed by atoms with van der Waals surface area (Å²) in [6.45, 7) is 4.30. The van der Waals surface area contributed by atoms with Gasteiger partial charge in [-0.3, -0.25) is 4.79 Å². The van der Waals surface area contributed by atoms with Crippen molar-refractivity contribution in [2.24, 2.45) is 5.10 Å². The highest BCUT2D eigenvalue weighted by atomic mass is 16.5. The number of benzene rings is 2. The summed E-state index contributed by atoms with van der Waals surface area (Å²) in [7, 11) is 1.55. The van der Waals surface area contributed by atoms with Crippen molar-refractivity contribution in [3.63, 3.8) is 0 Å². The van der Waals surface area contributed by atoms with Crippen LogP contribution in [0, 0.1) is 0 Å². The first-order valence-corrected chi connectivity index (χ1v) is 9.14. The lowest BCUT2D eigenvalue weighted by Crippen LogP contribution is -2.24. The van der Waals surface area contributed by atoms with Crippen molar-refractivity contribution in [2.45, 2.75) is 26.4 Å². The fourth-order valence-electron chi connectivity index (χ4n) is 2.92. The van der Waals surface area contributed by atoms with E-state index in [4.69, 9.17) is 18.9 Å². The van der Waals surface area contributed by atoms with Gasteiger partial charge in [0.25, 0.3) is 5.91 Å². The Labute approximate surface area is 164 Å². The third kappa shape index (κ3) is 4.73. The van der Waals surface area contributed by atoms with Gasteiger partial charge in [0.1, 0.15) is 17.6 Å². The molecule has 0 unspecified atom stereocenters. The van der Waals surface area contributed by atoms with Gasteiger partial charge in [0.2, 0.25) is 0 Å². The van der Waals surface area contributed by atoms with E-state index >= 15 is 0 Å². The fourth-order valence-corrected chi connectivity index (χ4v) is 2.92. The Kier molecular flexibility index (Phi) is 6.37. The summed E-state index contributed by atoms with van der Waals surface area (Å²) in [6.07, 6.45) is 2.53. The van der Waals surface area contributed by atoms with Crippen molar-refractivity contribution in [1.29, 1.82) is 0 Å². The van der Waals surface area contributed by atoms with E-state index in [1.165, 1.54) is 0 Å². The smallest absolute Gasteiger partial charge is 0.277 e. The van der Waals surface area contributed by atoms with E-state index in [1.54, 1.807) is 31.5 Å². The van der Waals surface area contributed by atoms with Crippen LogP contribution in [0.4, 0.5) is 0 Å². The van der Waals surface area contributed by atoms with Gasteiger partial charge in [-0.05, 0) is 38.1 Å². The average Bonchev–Trinajstić information content (AvgIpc) is 3.05. The Bertz CT molecular complexity index is 866. The molecule has 0 aromatic heterocycles. The van der Waals surface area contributed by atoms with Crippen LogP contribution >= 0.6 is 0 Å². The monoisotopic (exact) mass is 384 g/mol. The van der Waals surface area contributed by atoms with E-state index in [-0.39, 0.29) is 18.6 Å². The second kappa shape index (κ2) is 9.12. The molecule has 1 amide bonds. The lowest BCUT2D eigenvalue weighted by molar-refractivity contribution is -0.123. The van der Waals surface area contributed by atoms with Crippen LogP contribution in [0.5, 0.6) is 23.0 Å². The molecule has 0 fully saturated rings. The zero-order chi connectivity index (χ0) is 19.9. The lowest BCUT2D eigenvalue weighted by Gasteiger charge is -2.10. The molecule has 0 saturated heterocycles. The Morgan fingerprint density at radius 3 is 2.79 bits per heavy atom. The minimum Gasteiger partial charge on any atom is -0.493 e. The number of nitrogens with one attached hydrogen (secondary N) is 1. The highest BCUT2D eigenvalue weighted by Gasteiger charge is 2.21. The van der Waals surface area contributed by atoms with E-state index in [0.29, 0.717) is 23.9 Å². The first-order chi connectivity index (χ1) is 13.6. The van der Waals surface area contributed by atoms with Crippen LogP contribution in [0.25, 0.3) is 0 Å². The predicted octanol–water partition coefficient (Wildman–Crippen LogP) is 2.95. The molecule has 0 aliphatic carbocycles. The number of amides is 1. The summed E-state index contributed by atoms with van der Waals surface area (Å²) in [5.74, 6) is 2.21. The van der Waals surface area contributed by atoms with Gasteiger partial charge in [0.05, 0.1) is 19.9 Å². The van der Waals surface area contributed by atoms with Crippen molar-refractivity contribution in [2.75, 3.05) is 20.3 Å². The highest BCUT2D eigenvalue weighted by molar-refractivity contribution is 5.86. The molecule has 0 bridgehead atoms. The van der Waals surface area contributed by atoms with Crippen LogP contribution in [-0.2, 0) is 11.2 Å². The van der Waals surface area contributed by atoms with Gasteiger partial charge in [-0.2, -0.15) is 5.10 Å². The molecule has 0 spiro atoms. The maximum atomic E-state index is 12.0. The summed E-state index contributed by atoms with van der Waals surface area (Å²) in [6, 6.07) is 11.0. The first-order valence-electron chi connectivity index (χ1n) is 9.14. The molecule has 1 aliphatic heterocycles. The van der Waals surface area contributed by atoms with Gasteiger partial charge in [-0.25, -0.2) is 5.43 Å². The minimum absolute atomic E-state index is 0.142. The molecule has 7 heteroatoms. The van der Waals surface area contributed by atoms with E-state index in [9.17, 15) is 4.79 Å². The predicted molar refractivity (Wildman–Crippen MR) is 106 cm³/mol. The molecule has 3 rings (SSSR count). The summed E-state index contributed by atoms with van der Waals surface area (Å²) < 4.78 is 22.1. The minimum atomic E-state index is -0.383. The lowest BCUT2D eigenvalue weighted by atomic mass is 10.1. The number of para-hydroxylation sites is 2. The van der Waals surface area contributed by atoms with Gasteiger partial charge >= 0.3 is 0 Å². The maximum Gasteiger partial charge on any atom is 0.277 e. The number of fused-ring (bicyclic) bond motifs is 1. The molecule has 1 aliphatic rings. The second-order valence-electron chi connectivity index (χ2n) is 6.30. The number of ether oxygens (including phenoxy) is 4. The standard InChI is InChI=1S/C21H24N2O5/c1-4-26-19-10-15-9-14(2)28-20(15)11-16(19)12-22-23-21(24)13-27-18-8-6-5-7-17(18)25-3/h5-8,10-12,14H,4,9,13H2,1-3H3,(H,23,24)/b22-12-/t14-/m0/s1. The Morgan fingerprint density at radius 2 is 2.04 bits per heavy atom. The number of carbonyl (C=O) groups excluding carboxylic acids is 1. The molecule has 0 radical (unpaired) electrons. The zero-order valence-electron chi connectivity index (χ0n) is 16.2. The van der Waals surface area contributed by atoms with Crippen molar-refractivity contribution in [3.05, 3.63) is 47.5 Å². The number of hydrazone groups is 1. The fraction of sp³-hybridized carbons (Fsp3) is 0.333. The second-order valence-corrected chi connectivity index (χ2v) is 6.30. The molecular formula is C21H24N2O5. The normalized spacial score (nSPS) is 15.0. The third-order valence-electron chi connectivity index (χ3n) is 4.15. The van der Waals surface area contributed by atoms with Crippen molar-refractivity contribution >= 4 is 12.1 Å². The molecular weight excluding hydrogens is 360 g/mol. The quantitative estimate of drug-likeness (QED) is 0.559. The van der Waals surface area contributed by atoms with Gasteiger partial charge in [0, 0.05) is 17.5 Å². The zero-order valence-corrected chi connectivity index (χ0v) is 16.2. The van der Waals surface area contributed by atoms with Gasteiger partial charge in [0.15, 0.2) is 18.1 Å². The number of rotatable bonds is 8. The molecule has 1 heterocycles. The molecule has 0 saturated carbocycles. The van der Waals surface area contributed by atoms with Crippen molar-refractivity contribution in [3.8, 4) is 23.0 Å². The Morgan fingerprint density at radius 1 is 1.25 bits per heavy atom. The van der Waals surface area contributed by atoms with Gasteiger partial charge < -0.3 is 18.9 Å². The summed E-state index contributed by atoms with van der Waals surface area (Å²) >= 11 is 0. The van der Waals surface area contributed by atoms with E-state index in [2.05, 4.69) is 10.5 Å². The topological polar surface area (TPSA) is 78.4 Å². The van der Waals surface area contributed by atoms with Crippen LogP contribution in [0.1, 0.15) is 25.0 Å². The first kappa shape index (κ1) is 19.5. The van der Waals surface area contributed by atoms with Gasteiger partial charge in [-0.1, -0.05) is 12.1 Å². The Balaban J connectivity index is 1.61. The SMILES string of the molecule is CCOc1cc2c(cc1/C=N\NC(=O)COc1ccccc1OC)O[C@@H](C)C2. The van der Waals surface area contributed by atoms with E-state index < -0.39 is 0 Å². The molecule has 2 aromatic rings. The van der Waals surface area contributed by atoms with Gasteiger partial charge in [-0.15, -0.1) is 0 Å². The number of methoxy groups -OCH3 is 1. The van der Waals surface area contributed by atoms with Crippen LogP contribution < -0.4 is 24.4 Å². The number of hydrogen-bond donors (Lipinski definition) is 1. The highest BCUT2D eigenvalue weighted by Crippen LogP contribution is 2.34. The maximum absolute atomic E-state index is 12.0. The summed E-state index contributed by atoms with van der Waals surface area (Å²) in [5, 5.41) is 4.01. The molecule has 2 aromatic carbocycles. The van der Waals surface area contributed by atoms with Crippen LogP contribution in [0.3, 0.4) is 0 Å².